The highest BCUT2D eigenvalue weighted by atomic mass is 16.6. The number of aryl methyl sites for hydroxylation is 1. The molecule has 3 heterocycles. The van der Waals surface area contributed by atoms with Gasteiger partial charge in [-0.2, -0.15) is 0 Å². The van der Waals surface area contributed by atoms with Crippen LogP contribution in [-0.4, -0.2) is 36.1 Å². The van der Waals surface area contributed by atoms with E-state index in [-0.39, 0.29) is 12.8 Å². The quantitative estimate of drug-likeness (QED) is 0.477. The molecule has 7 heteroatoms. The van der Waals surface area contributed by atoms with Crippen molar-refractivity contribution in [2.45, 2.75) is 12.8 Å². The number of rotatable bonds is 2. The maximum absolute atomic E-state index is 5.20. The molecule has 14 heavy (non-hydrogen) atoms. The molecule has 2 fully saturated rings. The summed E-state index contributed by atoms with van der Waals surface area (Å²) in [4.78, 5) is 12.3. The van der Waals surface area contributed by atoms with Crippen molar-refractivity contribution in [3.63, 3.8) is 0 Å². The molecule has 0 aliphatic carbocycles. The molecule has 5 nitrogen and oxygen atoms in total. The van der Waals surface area contributed by atoms with E-state index in [0.29, 0.717) is 11.6 Å². The minimum atomic E-state index is 0.0121. The lowest BCUT2D eigenvalue weighted by Gasteiger charge is -1.90. The van der Waals surface area contributed by atoms with Gasteiger partial charge in [0, 0.05) is 0 Å². The van der Waals surface area contributed by atoms with Gasteiger partial charge in [-0.05, 0) is 6.92 Å². The Labute approximate surface area is 82.0 Å². The Morgan fingerprint density at radius 2 is 2.36 bits per heavy atom. The van der Waals surface area contributed by atoms with E-state index in [0.717, 1.165) is 5.69 Å². The fraction of sp³-hybridized carbons (Fsp3) is 0.286. The van der Waals surface area contributed by atoms with Crippen molar-refractivity contribution in [1.82, 2.24) is 9.97 Å². The fourth-order valence-electron chi connectivity index (χ4n) is 1.14. The maximum atomic E-state index is 5.20. The number of hydrogen-bond donors (Lipinski definition) is 0. The van der Waals surface area contributed by atoms with Gasteiger partial charge in [0.15, 0.2) is 11.6 Å². The second kappa shape index (κ2) is 2.81. The molecule has 1 radical (unpaired) electrons. The van der Waals surface area contributed by atoms with Crippen molar-refractivity contribution in [2.24, 2.45) is 4.99 Å². The smallest absolute Gasteiger partial charge is 0.474 e. The van der Waals surface area contributed by atoms with E-state index in [1.807, 2.05) is 6.92 Å². The summed E-state index contributed by atoms with van der Waals surface area (Å²) in [5.74, 6) is 1.36. The predicted octanol–water partition coefficient (Wildman–Crippen LogP) is -0.109. The van der Waals surface area contributed by atoms with Gasteiger partial charge in [-0.25, -0.2) is 9.98 Å². The first-order chi connectivity index (χ1) is 6.83. The first-order valence-corrected chi connectivity index (χ1v) is 4.35. The molecule has 0 spiro atoms. The van der Waals surface area contributed by atoms with Crippen LogP contribution in [0.3, 0.4) is 0 Å². The van der Waals surface area contributed by atoms with Crippen LogP contribution in [-0.2, 0) is 9.31 Å². The molecule has 1 unspecified atom stereocenters. The van der Waals surface area contributed by atoms with Gasteiger partial charge in [0.2, 0.25) is 0 Å². The average Bonchev–Trinajstić information content (AvgIpc) is 2.99. The van der Waals surface area contributed by atoms with Crippen molar-refractivity contribution in [2.75, 3.05) is 0 Å². The minimum absolute atomic E-state index is 0.0121. The molecule has 2 saturated heterocycles. The zero-order valence-electron chi connectivity index (χ0n) is 7.54. The zero-order chi connectivity index (χ0) is 9.54. The lowest BCUT2D eigenvalue weighted by molar-refractivity contribution is 0.513. The van der Waals surface area contributed by atoms with Crippen molar-refractivity contribution in [1.29, 1.82) is 0 Å². The van der Waals surface area contributed by atoms with Crippen LogP contribution in [0.15, 0.2) is 17.4 Å². The lowest BCUT2D eigenvalue weighted by Crippen LogP contribution is -2.04. The van der Waals surface area contributed by atoms with E-state index < -0.39 is 0 Å². The van der Waals surface area contributed by atoms with Crippen LogP contribution in [0.25, 0.3) is 0 Å². The van der Waals surface area contributed by atoms with Gasteiger partial charge in [0.1, 0.15) is 0 Å². The van der Waals surface area contributed by atoms with Gasteiger partial charge >= 0.3 is 14.4 Å². The summed E-state index contributed by atoms with van der Waals surface area (Å²) in [7, 11) is 1.73. The molecule has 2 aliphatic heterocycles. The first-order valence-electron chi connectivity index (χ1n) is 4.35. The zero-order valence-corrected chi connectivity index (χ0v) is 7.54. The summed E-state index contributed by atoms with van der Waals surface area (Å²) >= 11 is 0. The Hall–Kier alpha value is -1.36. The highest BCUT2D eigenvalue weighted by molar-refractivity contribution is 7.04. The Morgan fingerprint density at radius 1 is 1.50 bits per heavy atom. The maximum Gasteiger partial charge on any atom is 0.474 e. The van der Waals surface area contributed by atoms with Crippen molar-refractivity contribution in [3.8, 4) is 0 Å². The highest BCUT2D eigenvalue weighted by Gasteiger charge is 2.57. The summed E-state index contributed by atoms with van der Waals surface area (Å²) in [5, 5.41) is 0. The summed E-state index contributed by atoms with van der Waals surface area (Å²) in [6.07, 6.45) is 3.30. The van der Waals surface area contributed by atoms with E-state index >= 15 is 0 Å². The molecule has 67 valence electrons. The molecule has 1 aromatic heterocycles. The number of nitrogens with zero attached hydrogens (tertiary/aromatic N) is 3. The van der Waals surface area contributed by atoms with Crippen LogP contribution in [0.4, 0.5) is 5.82 Å². The fourth-order valence-corrected chi connectivity index (χ4v) is 1.14. The minimum Gasteiger partial charge on any atom is -0.544 e. The first kappa shape index (κ1) is 7.99. The van der Waals surface area contributed by atoms with E-state index in [1.54, 1.807) is 19.9 Å². The van der Waals surface area contributed by atoms with Crippen molar-refractivity contribution in [3.05, 3.63) is 18.1 Å². The third kappa shape index (κ3) is 1.50. The third-order valence-corrected chi connectivity index (χ3v) is 2.02. The molecule has 0 N–H and O–H groups in total. The lowest BCUT2D eigenvalue weighted by atomic mass is 9.65. The normalized spacial score (nSPS) is 25.6. The Morgan fingerprint density at radius 3 is 3.00 bits per heavy atom. The standard InChI is InChI=1S/C7H6B2N3O2/c1-4-2-11-5(3-10-4)12-7-9(14-7)6-8-13-6/h2-3,6H,1H3. The molecule has 0 bridgehead atoms. The molecule has 1 atom stereocenters. The number of aliphatic imine (C=N–C) groups is 1. The molecule has 3 rings (SSSR count). The van der Waals surface area contributed by atoms with E-state index in [2.05, 4.69) is 15.0 Å². The van der Waals surface area contributed by atoms with E-state index in [1.165, 1.54) is 0 Å². The second-order valence-electron chi connectivity index (χ2n) is 3.24. The summed E-state index contributed by atoms with van der Waals surface area (Å²) in [6, 6.07) is 0. The largest absolute Gasteiger partial charge is 0.544 e. The van der Waals surface area contributed by atoms with Gasteiger partial charge < -0.3 is 9.31 Å². The van der Waals surface area contributed by atoms with Crippen LogP contribution < -0.4 is 0 Å². The van der Waals surface area contributed by atoms with Crippen LogP contribution in [0.2, 0.25) is 0 Å². The van der Waals surface area contributed by atoms with Crippen LogP contribution in [0.1, 0.15) is 5.69 Å². The summed E-state index contributed by atoms with van der Waals surface area (Å²) in [5.41, 5.74) is 0.876. The second-order valence-corrected chi connectivity index (χ2v) is 3.24. The van der Waals surface area contributed by atoms with Crippen LogP contribution in [0.5, 0.6) is 0 Å². The van der Waals surface area contributed by atoms with Crippen LogP contribution >= 0.6 is 0 Å². The van der Waals surface area contributed by atoms with Crippen LogP contribution in [0, 0.1) is 6.92 Å². The number of aromatic nitrogens is 2. The average molecular weight is 186 g/mol. The SMILES string of the molecule is Cc1cnc(N=C2OB2C2[B]O2)cn1. The Kier molecular flexibility index (Phi) is 1.61. The molecule has 2 aliphatic rings. The van der Waals surface area contributed by atoms with Gasteiger partial charge in [0.05, 0.1) is 24.0 Å². The predicted molar refractivity (Wildman–Crippen MR) is 51.3 cm³/mol. The molecular formula is C7H6B2N3O2. The highest BCUT2D eigenvalue weighted by Crippen LogP contribution is 2.25. The monoisotopic (exact) mass is 186 g/mol. The van der Waals surface area contributed by atoms with Crippen molar-refractivity contribution >= 4 is 26.0 Å². The van der Waals surface area contributed by atoms with E-state index in [9.17, 15) is 0 Å². The Bertz CT molecular complexity index is 390. The summed E-state index contributed by atoms with van der Waals surface area (Å²) < 4.78 is 10.2. The molecule has 0 saturated carbocycles. The van der Waals surface area contributed by atoms with Gasteiger partial charge in [-0.15, -0.1) is 0 Å². The van der Waals surface area contributed by atoms with Gasteiger partial charge in [-0.1, -0.05) is 0 Å². The number of hydrogen-bond acceptors (Lipinski definition) is 5. The third-order valence-electron chi connectivity index (χ3n) is 2.02. The molecule has 0 aromatic carbocycles. The molecule has 1 aromatic rings. The topological polar surface area (TPSA) is 63.2 Å². The molecular weight excluding hydrogens is 180 g/mol. The summed E-state index contributed by atoms with van der Waals surface area (Å²) in [6.45, 7) is 1.89. The van der Waals surface area contributed by atoms with E-state index in [4.69, 9.17) is 9.31 Å². The van der Waals surface area contributed by atoms with Gasteiger partial charge in [-0.3, -0.25) is 4.98 Å². The van der Waals surface area contributed by atoms with Crippen molar-refractivity contribution < 1.29 is 9.31 Å². The van der Waals surface area contributed by atoms with Gasteiger partial charge in [0.25, 0.3) is 0 Å². The Balaban J connectivity index is 1.75. The molecule has 0 amide bonds.